The van der Waals surface area contributed by atoms with Crippen LogP contribution in [0.25, 0.3) is 0 Å². The van der Waals surface area contributed by atoms with Gasteiger partial charge >= 0.3 is 0 Å². The van der Waals surface area contributed by atoms with Gasteiger partial charge in [0, 0.05) is 24.0 Å². The van der Waals surface area contributed by atoms with E-state index in [4.69, 9.17) is 5.73 Å². The fraction of sp³-hybridized carbons (Fsp3) is 0.500. The van der Waals surface area contributed by atoms with E-state index in [1.54, 1.807) is 11.8 Å². The number of thioether (sulfide) groups is 1. The minimum Gasteiger partial charge on any atom is -0.340 e. The lowest BCUT2D eigenvalue weighted by Gasteiger charge is -2.30. The molecule has 3 nitrogen and oxygen atoms in total. The summed E-state index contributed by atoms with van der Waals surface area (Å²) in [5.74, 6) is 0.714. The normalized spacial score (nSPS) is 18.8. The van der Waals surface area contributed by atoms with Crippen molar-refractivity contribution in [3.05, 3.63) is 29.8 Å². The number of nitrogens with two attached hydrogens (primary N) is 1. The third-order valence-corrected chi connectivity index (χ3v) is 4.19. The van der Waals surface area contributed by atoms with Crippen LogP contribution in [-0.4, -0.2) is 35.7 Å². The van der Waals surface area contributed by atoms with E-state index in [9.17, 15) is 4.79 Å². The first kappa shape index (κ1) is 16.3. The van der Waals surface area contributed by atoms with Gasteiger partial charge in [-0.05, 0) is 31.9 Å². The molecule has 1 heterocycles. The van der Waals surface area contributed by atoms with Crippen molar-refractivity contribution in [2.24, 2.45) is 5.73 Å². The van der Waals surface area contributed by atoms with Crippen molar-refractivity contribution in [2.45, 2.75) is 30.7 Å². The summed E-state index contributed by atoms with van der Waals surface area (Å²) in [7, 11) is 0. The predicted molar refractivity (Wildman–Crippen MR) is 82.9 cm³/mol. The van der Waals surface area contributed by atoms with Gasteiger partial charge in [0.05, 0.1) is 5.75 Å². The molecule has 0 saturated carbocycles. The highest BCUT2D eigenvalue weighted by Gasteiger charge is 2.20. The van der Waals surface area contributed by atoms with Gasteiger partial charge in [0.25, 0.3) is 0 Å². The summed E-state index contributed by atoms with van der Waals surface area (Å²) >= 11 is 1.60. The molecule has 1 aromatic carbocycles. The van der Waals surface area contributed by atoms with Crippen LogP contribution in [0, 0.1) is 6.92 Å². The largest absolute Gasteiger partial charge is 0.340 e. The zero-order chi connectivity index (χ0) is 13.0. The standard InChI is InChI=1S/C14H20N2OS.ClH/c1-11-4-6-13(7-5-11)18-10-14(17)16-8-2-3-12(15)9-16;/h4-7,12H,2-3,8-10,15H2,1H3;1H. The van der Waals surface area contributed by atoms with Gasteiger partial charge in [-0.15, -0.1) is 24.2 Å². The van der Waals surface area contributed by atoms with Crippen LogP contribution < -0.4 is 5.73 Å². The van der Waals surface area contributed by atoms with Gasteiger partial charge in [-0.2, -0.15) is 0 Å². The number of nitrogens with zero attached hydrogens (tertiary/aromatic N) is 1. The quantitative estimate of drug-likeness (QED) is 0.872. The molecule has 106 valence electrons. The highest BCUT2D eigenvalue weighted by atomic mass is 35.5. The highest BCUT2D eigenvalue weighted by molar-refractivity contribution is 8.00. The molecule has 19 heavy (non-hydrogen) atoms. The minimum absolute atomic E-state index is 0. The topological polar surface area (TPSA) is 46.3 Å². The van der Waals surface area contributed by atoms with Crippen LogP contribution in [0.4, 0.5) is 0 Å². The van der Waals surface area contributed by atoms with E-state index in [0.717, 1.165) is 24.3 Å². The number of piperidine rings is 1. The van der Waals surface area contributed by atoms with E-state index < -0.39 is 0 Å². The van der Waals surface area contributed by atoms with Crippen molar-refractivity contribution in [2.75, 3.05) is 18.8 Å². The Hall–Kier alpha value is -0.710. The van der Waals surface area contributed by atoms with E-state index in [2.05, 4.69) is 31.2 Å². The lowest BCUT2D eigenvalue weighted by Crippen LogP contribution is -2.46. The third-order valence-electron chi connectivity index (χ3n) is 3.19. The van der Waals surface area contributed by atoms with Crippen molar-refractivity contribution >= 4 is 30.1 Å². The first-order valence-corrected chi connectivity index (χ1v) is 7.36. The zero-order valence-electron chi connectivity index (χ0n) is 11.2. The zero-order valence-corrected chi connectivity index (χ0v) is 12.8. The number of carbonyl (C=O) groups is 1. The average molecular weight is 301 g/mol. The molecule has 2 rings (SSSR count). The smallest absolute Gasteiger partial charge is 0.232 e. The molecule has 5 heteroatoms. The molecule has 1 fully saturated rings. The van der Waals surface area contributed by atoms with Crippen molar-refractivity contribution in [3.8, 4) is 0 Å². The van der Waals surface area contributed by atoms with Crippen LogP contribution in [0.5, 0.6) is 0 Å². The van der Waals surface area contributed by atoms with Crippen molar-refractivity contribution in [1.29, 1.82) is 0 Å². The fourth-order valence-electron chi connectivity index (χ4n) is 2.11. The van der Waals surface area contributed by atoms with Crippen LogP contribution in [0.3, 0.4) is 0 Å². The van der Waals surface area contributed by atoms with Gasteiger partial charge in [-0.25, -0.2) is 0 Å². The van der Waals surface area contributed by atoms with Gasteiger partial charge in [-0.3, -0.25) is 4.79 Å². The molecular weight excluding hydrogens is 280 g/mol. The maximum atomic E-state index is 12.0. The summed E-state index contributed by atoms with van der Waals surface area (Å²) in [5, 5.41) is 0. The van der Waals surface area contributed by atoms with Crippen molar-refractivity contribution in [1.82, 2.24) is 4.90 Å². The lowest BCUT2D eigenvalue weighted by molar-refractivity contribution is -0.129. The van der Waals surface area contributed by atoms with Gasteiger partial charge in [-0.1, -0.05) is 17.7 Å². The molecule has 0 aromatic heterocycles. The van der Waals surface area contributed by atoms with E-state index in [-0.39, 0.29) is 24.4 Å². The Morgan fingerprint density at radius 2 is 2.11 bits per heavy atom. The van der Waals surface area contributed by atoms with E-state index in [0.29, 0.717) is 12.3 Å². The second-order valence-electron chi connectivity index (χ2n) is 4.84. The molecule has 1 amide bonds. The number of rotatable bonds is 3. The van der Waals surface area contributed by atoms with Crippen LogP contribution in [0.2, 0.25) is 0 Å². The van der Waals surface area contributed by atoms with Crippen molar-refractivity contribution in [3.63, 3.8) is 0 Å². The number of aryl methyl sites for hydroxylation is 1. The van der Waals surface area contributed by atoms with Crippen LogP contribution in [-0.2, 0) is 4.79 Å². The number of hydrogen-bond acceptors (Lipinski definition) is 3. The predicted octanol–water partition coefficient (Wildman–Crippen LogP) is 2.46. The Kier molecular flexibility index (Phi) is 6.69. The van der Waals surface area contributed by atoms with Gasteiger partial charge in [0.1, 0.15) is 0 Å². The Balaban J connectivity index is 0.00000180. The summed E-state index contributed by atoms with van der Waals surface area (Å²) in [6.07, 6.45) is 2.07. The maximum absolute atomic E-state index is 12.0. The molecule has 0 spiro atoms. The molecule has 1 unspecified atom stereocenters. The maximum Gasteiger partial charge on any atom is 0.232 e. The van der Waals surface area contributed by atoms with Gasteiger partial charge in [0.2, 0.25) is 5.91 Å². The Bertz CT molecular complexity index is 410. The summed E-state index contributed by atoms with van der Waals surface area (Å²) < 4.78 is 0. The number of amides is 1. The molecule has 1 aliphatic heterocycles. The van der Waals surface area contributed by atoms with Crippen molar-refractivity contribution < 1.29 is 4.79 Å². The van der Waals surface area contributed by atoms with E-state index in [1.807, 2.05) is 4.90 Å². The Morgan fingerprint density at radius 1 is 1.42 bits per heavy atom. The number of benzene rings is 1. The van der Waals surface area contributed by atoms with Crippen LogP contribution in [0.15, 0.2) is 29.2 Å². The average Bonchev–Trinajstić information content (AvgIpc) is 2.38. The second-order valence-corrected chi connectivity index (χ2v) is 5.89. The summed E-state index contributed by atoms with van der Waals surface area (Å²) in [4.78, 5) is 15.1. The Labute approximate surface area is 125 Å². The lowest BCUT2D eigenvalue weighted by atomic mass is 10.1. The monoisotopic (exact) mass is 300 g/mol. The molecule has 2 N–H and O–H groups in total. The van der Waals surface area contributed by atoms with Crippen LogP contribution in [0.1, 0.15) is 18.4 Å². The summed E-state index contributed by atoms with van der Waals surface area (Å²) in [6, 6.07) is 8.43. The van der Waals surface area contributed by atoms with E-state index >= 15 is 0 Å². The molecule has 1 aliphatic rings. The first-order chi connectivity index (χ1) is 8.65. The Morgan fingerprint density at radius 3 is 2.74 bits per heavy atom. The minimum atomic E-state index is 0. The van der Waals surface area contributed by atoms with Crippen LogP contribution >= 0.6 is 24.2 Å². The highest BCUT2D eigenvalue weighted by Crippen LogP contribution is 2.19. The molecule has 1 aromatic rings. The summed E-state index contributed by atoms with van der Waals surface area (Å²) in [5.41, 5.74) is 7.13. The van der Waals surface area contributed by atoms with Gasteiger partial charge < -0.3 is 10.6 Å². The number of carbonyl (C=O) groups excluding carboxylic acids is 1. The first-order valence-electron chi connectivity index (χ1n) is 6.38. The number of hydrogen-bond donors (Lipinski definition) is 1. The third kappa shape index (κ3) is 5.05. The molecular formula is C14H21ClN2OS. The molecule has 1 saturated heterocycles. The molecule has 0 bridgehead atoms. The molecule has 0 aliphatic carbocycles. The van der Waals surface area contributed by atoms with Gasteiger partial charge in [0.15, 0.2) is 0 Å². The fourth-order valence-corrected chi connectivity index (χ4v) is 2.91. The SMILES string of the molecule is Cc1ccc(SCC(=O)N2CCCC(N)C2)cc1.Cl. The number of halogens is 1. The number of likely N-dealkylation sites (tertiary alicyclic amines) is 1. The molecule has 0 radical (unpaired) electrons. The van der Waals surface area contributed by atoms with E-state index in [1.165, 1.54) is 5.56 Å². The summed E-state index contributed by atoms with van der Waals surface area (Å²) in [6.45, 7) is 3.64. The second kappa shape index (κ2) is 7.78. The molecule has 1 atom stereocenters.